The normalized spacial score (nSPS) is 19.4. The Morgan fingerprint density at radius 1 is 1.38 bits per heavy atom. The molecule has 114 valence electrons. The minimum absolute atomic E-state index is 0.0977. The summed E-state index contributed by atoms with van der Waals surface area (Å²) in [7, 11) is 1.99. The van der Waals surface area contributed by atoms with Crippen molar-refractivity contribution >= 4 is 17.7 Å². The number of likely N-dealkylation sites (N-methyl/N-ethyl adjacent to an activating group) is 1. The van der Waals surface area contributed by atoms with Crippen molar-refractivity contribution in [3.05, 3.63) is 29.6 Å². The fraction of sp³-hybridized carbons (Fsp3) is 0.429. The average Bonchev–Trinajstić information content (AvgIpc) is 2.43. The number of hydrogen-bond acceptors (Lipinski definition) is 3. The summed E-state index contributed by atoms with van der Waals surface area (Å²) >= 11 is 0. The fourth-order valence-electron chi connectivity index (χ4n) is 2.23. The number of rotatable bonds is 2. The van der Waals surface area contributed by atoms with Crippen LogP contribution in [0.5, 0.6) is 0 Å². The number of amides is 2. The molecule has 1 atom stereocenters. The van der Waals surface area contributed by atoms with E-state index in [1.54, 1.807) is 4.90 Å². The zero-order chi connectivity index (χ0) is 15.6. The third-order valence-corrected chi connectivity index (χ3v) is 3.70. The lowest BCUT2D eigenvalue weighted by molar-refractivity contribution is 0.0697. The summed E-state index contributed by atoms with van der Waals surface area (Å²) in [5.74, 6) is -1.94. The molecule has 0 aromatic heterocycles. The monoisotopic (exact) mass is 295 g/mol. The van der Waals surface area contributed by atoms with Crippen molar-refractivity contribution in [1.29, 1.82) is 0 Å². The summed E-state index contributed by atoms with van der Waals surface area (Å²) in [5, 5.41) is 11.6. The average molecular weight is 295 g/mol. The molecule has 1 aliphatic heterocycles. The molecule has 0 spiro atoms. The molecular weight excluding hydrogens is 277 g/mol. The summed E-state index contributed by atoms with van der Waals surface area (Å²) in [6.45, 7) is 3.89. The van der Waals surface area contributed by atoms with Gasteiger partial charge in [0.05, 0.1) is 11.3 Å². The van der Waals surface area contributed by atoms with E-state index in [1.807, 2.05) is 14.0 Å². The van der Waals surface area contributed by atoms with Gasteiger partial charge in [0.1, 0.15) is 5.82 Å². The van der Waals surface area contributed by atoms with E-state index in [9.17, 15) is 14.0 Å². The zero-order valence-electron chi connectivity index (χ0n) is 12.0. The van der Waals surface area contributed by atoms with E-state index >= 15 is 0 Å². The van der Waals surface area contributed by atoms with Crippen molar-refractivity contribution in [2.24, 2.45) is 0 Å². The van der Waals surface area contributed by atoms with Crippen LogP contribution in [0.4, 0.5) is 14.9 Å². The van der Waals surface area contributed by atoms with Crippen molar-refractivity contribution in [3.63, 3.8) is 0 Å². The molecule has 6 nitrogen and oxygen atoms in total. The lowest BCUT2D eigenvalue weighted by Crippen LogP contribution is -2.53. The maximum Gasteiger partial charge on any atom is 0.337 e. The minimum atomic E-state index is -1.28. The number of carboxylic acids is 1. The first-order chi connectivity index (χ1) is 9.88. The number of nitrogens with zero attached hydrogens (tertiary/aromatic N) is 2. The van der Waals surface area contributed by atoms with E-state index in [0.29, 0.717) is 13.1 Å². The van der Waals surface area contributed by atoms with Gasteiger partial charge < -0.3 is 20.2 Å². The highest BCUT2D eigenvalue weighted by molar-refractivity contribution is 6.00. The van der Waals surface area contributed by atoms with Crippen LogP contribution in [0.25, 0.3) is 0 Å². The quantitative estimate of drug-likeness (QED) is 0.871. The molecular formula is C14H18FN3O3. The van der Waals surface area contributed by atoms with Crippen LogP contribution in [-0.2, 0) is 0 Å². The highest BCUT2D eigenvalue weighted by Crippen LogP contribution is 2.18. The first-order valence-electron chi connectivity index (χ1n) is 6.67. The Bertz CT molecular complexity index is 564. The van der Waals surface area contributed by atoms with E-state index in [1.165, 1.54) is 6.07 Å². The first-order valence-corrected chi connectivity index (χ1v) is 6.67. The molecule has 1 heterocycles. The van der Waals surface area contributed by atoms with E-state index < -0.39 is 11.8 Å². The predicted molar refractivity (Wildman–Crippen MR) is 76.0 cm³/mol. The zero-order valence-corrected chi connectivity index (χ0v) is 12.0. The van der Waals surface area contributed by atoms with Gasteiger partial charge >= 0.3 is 12.0 Å². The highest BCUT2D eigenvalue weighted by Gasteiger charge is 2.25. The smallest absolute Gasteiger partial charge is 0.337 e. The molecule has 1 saturated heterocycles. The maximum absolute atomic E-state index is 13.1. The van der Waals surface area contributed by atoms with Gasteiger partial charge in [-0.2, -0.15) is 0 Å². The van der Waals surface area contributed by atoms with E-state index in [2.05, 4.69) is 10.2 Å². The standard InChI is InChI=1S/C14H18FN3O3/c1-9-8-18(6-5-17(9)2)14(21)16-12-4-3-10(15)7-11(12)13(19)20/h3-4,7,9H,5-6,8H2,1-2H3,(H,16,21)(H,19,20). The van der Waals surface area contributed by atoms with Gasteiger partial charge in [-0.1, -0.05) is 0 Å². The molecule has 1 fully saturated rings. The summed E-state index contributed by atoms with van der Waals surface area (Å²) in [4.78, 5) is 27.0. The topological polar surface area (TPSA) is 72.9 Å². The van der Waals surface area contributed by atoms with Crippen LogP contribution in [-0.4, -0.2) is 59.6 Å². The Hall–Kier alpha value is -2.15. The third kappa shape index (κ3) is 3.49. The number of anilines is 1. The predicted octanol–water partition coefficient (Wildman–Crippen LogP) is 1.69. The molecule has 1 aromatic carbocycles. The SMILES string of the molecule is CC1CN(C(=O)Nc2ccc(F)cc2C(=O)O)CCN1C. The van der Waals surface area contributed by atoms with Gasteiger partial charge in [-0.3, -0.25) is 0 Å². The summed E-state index contributed by atoms with van der Waals surface area (Å²) in [6, 6.07) is 3.13. The van der Waals surface area contributed by atoms with Gasteiger partial charge in [0.15, 0.2) is 0 Å². The lowest BCUT2D eigenvalue weighted by Gasteiger charge is -2.37. The second-order valence-corrected chi connectivity index (χ2v) is 5.20. The molecule has 0 saturated carbocycles. The molecule has 2 rings (SSSR count). The number of halogens is 1. The molecule has 7 heteroatoms. The van der Waals surface area contributed by atoms with E-state index in [0.717, 1.165) is 18.7 Å². The number of nitrogens with one attached hydrogen (secondary N) is 1. The number of urea groups is 1. The van der Waals surface area contributed by atoms with Crippen molar-refractivity contribution in [3.8, 4) is 0 Å². The number of carbonyl (C=O) groups excluding carboxylic acids is 1. The minimum Gasteiger partial charge on any atom is -0.478 e. The Morgan fingerprint density at radius 2 is 2.10 bits per heavy atom. The highest BCUT2D eigenvalue weighted by atomic mass is 19.1. The van der Waals surface area contributed by atoms with Crippen molar-refractivity contribution in [1.82, 2.24) is 9.80 Å². The number of hydrogen-bond donors (Lipinski definition) is 2. The molecule has 21 heavy (non-hydrogen) atoms. The van der Waals surface area contributed by atoms with Crippen LogP contribution in [0.15, 0.2) is 18.2 Å². The van der Waals surface area contributed by atoms with E-state index in [-0.39, 0.29) is 23.3 Å². The summed E-state index contributed by atoms with van der Waals surface area (Å²) < 4.78 is 13.1. The molecule has 2 N–H and O–H groups in total. The second-order valence-electron chi connectivity index (χ2n) is 5.20. The van der Waals surface area contributed by atoms with Crippen molar-refractivity contribution in [2.45, 2.75) is 13.0 Å². The van der Waals surface area contributed by atoms with Gasteiger partial charge in [-0.25, -0.2) is 14.0 Å². The van der Waals surface area contributed by atoms with Crippen LogP contribution in [0.3, 0.4) is 0 Å². The Balaban J connectivity index is 2.11. The number of carboxylic acid groups (broad SMARTS) is 1. The largest absolute Gasteiger partial charge is 0.478 e. The van der Waals surface area contributed by atoms with Crippen LogP contribution >= 0.6 is 0 Å². The lowest BCUT2D eigenvalue weighted by atomic mass is 10.1. The van der Waals surface area contributed by atoms with Gasteiger partial charge in [-0.15, -0.1) is 0 Å². The van der Waals surface area contributed by atoms with Gasteiger partial charge in [-0.05, 0) is 32.2 Å². The van der Waals surface area contributed by atoms with E-state index in [4.69, 9.17) is 5.11 Å². The van der Waals surface area contributed by atoms with Gasteiger partial charge in [0.25, 0.3) is 0 Å². The Morgan fingerprint density at radius 3 is 2.71 bits per heavy atom. The molecule has 1 unspecified atom stereocenters. The Labute approximate surface area is 122 Å². The van der Waals surface area contributed by atoms with Crippen molar-refractivity contribution < 1.29 is 19.1 Å². The summed E-state index contributed by atoms with van der Waals surface area (Å²) in [6.07, 6.45) is 0. The number of piperazine rings is 1. The van der Waals surface area contributed by atoms with Crippen LogP contribution in [0.2, 0.25) is 0 Å². The number of carbonyl (C=O) groups is 2. The molecule has 0 radical (unpaired) electrons. The van der Waals surface area contributed by atoms with Crippen molar-refractivity contribution in [2.75, 3.05) is 32.0 Å². The molecule has 0 bridgehead atoms. The van der Waals surface area contributed by atoms with Crippen LogP contribution < -0.4 is 5.32 Å². The fourth-order valence-corrected chi connectivity index (χ4v) is 2.23. The maximum atomic E-state index is 13.1. The van der Waals surface area contributed by atoms with Gasteiger partial charge in [0, 0.05) is 25.7 Å². The summed E-state index contributed by atoms with van der Waals surface area (Å²) in [5.41, 5.74) is -0.161. The molecule has 2 amide bonds. The molecule has 0 aliphatic carbocycles. The molecule has 1 aliphatic rings. The molecule has 1 aromatic rings. The second kappa shape index (κ2) is 6.09. The number of aromatic carboxylic acids is 1. The van der Waals surface area contributed by atoms with Gasteiger partial charge in [0.2, 0.25) is 0 Å². The van der Waals surface area contributed by atoms with Crippen LogP contribution in [0, 0.1) is 5.82 Å². The Kier molecular flexibility index (Phi) is 4.42. The number of benzene rings is 1. The first kappa shape index (κ1) is 15.2. The van der Waals surface area contributed by atoms with Crippen LogP contribution in [0.1, 0.15) is 17.3 Å². The third-order valence-electron chi connectivity index (χ3n) is 3.70.